The highest BCUT2D eigenvalue weighted by molar-refractivity contribution is 7.80. The molecule has 0 amide bonds. The van der Waals surface area contributed by atoms with Crippen LogP contribution >= 0.6 is 12.2 Å². The third-order valence-corrected chi connectivity index (χ3v) is 1.13. The first kappa shape index (κ1) is 6.83. The second kappa shape index (κ2) is 4.00. The monoisotopic (exact) mass is 114 g/mol. The fourth-order valence-corrected chi connectivity index (χ4v) is 0.440. The van der Waals surface area contributed by atoms with Gasteiger partial charge in [0, 0.05) is 4.86 Å². The second-order valence-corrected chi connectivity index (χ2v) is 1.84. The van der Waals surface area contributed by atoms with Gasteiger partial charge in [-0.15, -0.1) is 0 Å². The summed E-state index contributed by atoms with van der Waals surface area (Å²) >= 11 is 4.87. The molecule has 0 radical (unpaired) electrons. The maximum absolute atomic E-state index is 4.87. The minimum absolute atomic E-state index is 0.986. The molecule has 0 aliphatic heterocycles. The maximum atomic E-state index is 4.87. The first-order valence-corrected chi connectivity index (χ1v) is 2.87. The van der Waals surface area contributed by atoms with Gasteiger partial charge in [0.1, 0.15) is 0 Å². The van der Waals surface area contributed by atoms with Gasteiger partial charge in [-0.2, -0.15) is 0 Å². The molecule has 0 nitrogen and oxygen atoms in total. The summed E-state index contributed by atoms with van der Waals surface area (Å²) in [5.41, 5.74) is 0. The molecular weight excluding hydrogens is 104 g/mol. The quantitative estimate of drug-likeness (QED) is 0.392. The molecule has 0 aliphatic rings. The summed E-state index contributed by atoms with van der Waals surface area (Å²) in [4.78, 5) is 1.03. The van der Waals surface area contributed by atoms with Crippen molar-refractivity contribution in [2.24, 2.45) is 0 Å². The van der Waals surface area contributed by atoms with Gasteiger partial charge in [0.25, 0.3) is 0 Å². The molecule has 0 aromatic carbocycles. The van der Waals surface area contributed by atoms with E-state index in [0.717, 1.165) is 11.3 Å². The predicted octanol–water partition coefficient (Wildman–Crippen LogP) is 2.34. The Morgan fingerprint density at radius 3 is 2.43 bits per heavy atom. The molecule has 0 rings (SSSR count). The Bertz CT molecular complexity index is 82.2. The van der Waals surface area contributed by atoms with Gasteiger partial charge in [-0.05, 0) is 13.3 Å². The largest absolute Gasteiger partial charge is 0.0866 e. The van der Waals surface area contributed by atoms with Gasteiger partial charge in [0.15, 0.2) is 0 Å². The van der Waals surface area contributed by atoms with Crippen molar-refractivity contribution in [1.29, 1.82) is 0 Å². The molecule has 0 bridgehead atoms. The highest BCUT2D eigenvalue weighted by Gasteiger charge is 1.78. The zero-order valence-corrected chi connectivity index (χ0v) is 5.59. The van der Waals surface area contributed by atoms with Crippen molar-refractivity contribution in [3.8, 4) is 0 Å². The Morgan fingerprint density at radius 1 is 1.71 bits per heavy atom. The van der Waals surface area contributed by atoms with Crippen molar-refractivity contribution in [2.75, 3.05) is 0 Å². The smallest absolute Gasteiger partial charge is 0.0146 e. The summed E-state index contributed by atoms with van der Waals surface area (Å²) in [5, 5.41) is 0. The topological polar surface area (TPSA) is 0 Å². The number of rotatable bonds is 2. The van der Waals surface area contributed by atoms with Crippen molar-refractivity contribution in [3.63, 3.8) is 0 Å². The first-order valence-electron chi connectivity index (χ1n) is 2.46. The van der Waals surface area contributed by atoms with E-state index in [2.05, 4.69) is 6.92 Å². The molecule has 0 heterocycles. The molecule has 0 fully saturated rings. The van der Waals surface area contributed by atoms with Crippen LogP contribution in [-0.4, -0.2) is 4.86 Å². The molecule has 0 saturated carbocycles. The van der Waals surface area contributed by atoms with Gasteiger partial charge >= 0.3 is 0 Å². The lowest BCUT2D eigenvalue weighted by atomic mass is 10.3. The zero-order valence-electron chi connectivity index (χ0n) is 4.77. The minimum Gasteiger partial charge on any atom is -0.0866 e. The average molecular weight is 114 g/mol. The lowest BCUT2D eigenvalue weighted by Gasteiger charge is -1.82. The molecule has 0 unspecified atom stereocenters. The molecule has 0 N–H and O–H groups in total. The number of allylic oxidation sites excluding steroid dienone is 2. The van der Waals surface area contributed by atoms with Crippen molar-refractivity contribution in [1.82, 2.24) is 0 Å². The summed E-state index contributed by atoms with van der Waals surface area (Å²) in [6.45, 7) is 4.03. The van der Waals surface area contributed by atoms with Gasteiger partial charge in [-0.1, -0.05) is 31.3 Å². The predicted molar refractivity (Wildman–Crippen MR) is 37.7 cm³/mol. The van der Waals surface area contributed by atoms with E-state index in [1.165, 1.54) is 0 Å². The number of thiocarbonyl (C=S) groups is 1. The molecule has 0 atom stereocenters. The van der Waals surface area contributed by atoms with Crippen LogP contribution in [0.4, 0.5) is 0 Å². The molecule has 40 valence electrons. The summed E-state index contributed by atoms with van der Waals surface area (Å²) < 4.78 is 0. The maximum Gasteiger partial charge on any atom is 0.0146 e. The summed E-state index contributed by atoms with van der Waals surface area (Å²) in [7, 11) is 0. The molecular formula is C6H10S. The van der Waals surface area contributed by atoms with Crippen LogP contribution in [0, 0.1) is 0 Å². The SMILES string of the molecule is C/C=C\C(=S)CC. The Kier molecular flexibility index (Phi) is 3.90. The van der Waals surface area contributed by atoms with E-state index in [9.17, 15) is 0 Å². The zero-order chi connectivity index (χ0) is 5.70. The fourth-order valence-electron chi connectivity index (χ4n) is 0.304. The van der Waals surface area contributed by atoms with Crippen molar-refractivity contribution >= 4 is 17.1 Å². The van der Waals surface area contributed by atoms with E-state index < -0.39 is 0 Å². The Labute approximate surface area is 50.2 Å². The molecule has 0 spiro atoms. The highest BCUT2D eigenvalue weighted by Crippen LogP contribution is 1.85. The van der Waals surface area contributed by atoms with Crippen LogP contribution in [0.5, 0.6) is 0 Å². The minimum atomic E-state index is 0.986. The molecule has 0 saturated heterocycles. The second-order valence-electron chi connectivity index (χ2n) is 1.32. The molecule has 7 heavy (non-hydrogen) atoms. The van der Waals surface area contributed by atoms with E-state index in [-0.39, 0.29) is 0 Å². The van der Waals surface area contributed by atoms with Crippen molar-refractivity contribution in [2.45, 2.75) is 20.3 Å². The Hall–Kier alpha value is -0.170. The molecule has 0 aromatic heterocycles. The normalized spacial score (nSPS) is 10.0. The summed E-state index contributed by atoms with van der Waals surface area (Å²) in [5.74, 6) is 0. The first-order chi connectivity index (χ1) is 3.31. The van der Waals surface area contributed by atoms with E-state index in [4.69, 9.17) is 12.2 Å². The van der Waals surface area contributed by atoms with Gasteiger partial charge < -0.3 is 0 Å². The summed E-state index contributed by atoms with van der Waals surface area (Å²) in [6.07, 6.45) is 4.90. The molecule has 0 aliphatic carbocycles. The average Bonchev–Trinajstić information content (AvgIpc) is 1.68. The lowest BCUT2D eigenvalue weighted by Crippen LogP contribution is -1.80. The van der Waals surface area contributed by atoms with Crippen LogP contribution in [0.2, 0.25) is 0 Å². The van der Waals surface area contributed by atoms with Crippen molar-refractivity contribution in [3.05, 3.63) is 12.2 Å². The number of hydrogen-bond donors (Lipinski definition) is 0. The van der Waals surface area contributed by atoms with Gasteiger partial charge in [-0.3, -0.25) is 0 Å². The lowest BCUT2D eigenvalue weighted by molar-refractivity contribution is 1.33. The third kappa shape index (κ3) is 3.67. The summed E-state index contributed by atoms with van der Waals surface area (Å²) in [6, 6.07) is 0. The standard InChI is InChI=1S/C6H10S/c1-3-5-6(7)4-2/h3,5H,4H2,1-2H3/b5-3-. The Balaban J connectivity index is 3.37. The van der Waals surface area contributed by atoms with E-state index in [1.807, 2.05) is 19.1 Å². The highest BCUT2D eigenvalue weighted by atomic mass is 32.1. The fraction of sp³-hybridized carbons (Fsp3) is 0.500. The van der Waals surface area contributed by atoms with Gasteiger partial charge in [0.2, 0.25) is 0 Å². The van der Waals surface area contributed by atoms with Crippen LogP contribution in [0.25, 0.3) is 0 Å². The van der Waals surface area contributed by atoms with E-state index >= 15 is 0 Å². The molecule has 1 heteroatoms. The molecule has 0 aromatic rings. The van der Waals surface area contributed by atoms with Crippen LogP contribution in [0.3, 0.4) is 0 Å². The van der Waals surface area contributed by atoms with Gasteiger partial charge in [0.05, 0.1) is 0 Å². The van der Waals surface area contributed by atoms with Crippen LogP contribution in [0.1, 0.15) is 20.3 Å². The van der Waals surface area contributed by atoms with Gasteiger partial charge in [-0.25, -0.2) is 0 Å². The Morgan fingerprint density at radius 2 is 2.29 bits per heavy atom. The van der Waals surface area contributed by atoms with Crippen LogP contribution in [-0.2, 0) is 0 Å². The van der Waals surface area contributed by atoms with Crippen LogP contribution < -0.4 is 0 Å². The third-order valence-electron chi connectivity index (χ3n) is 0.701. The van der Waals surface area contributed by atoms with Crippen LogP contribution in [0.15, 0.2) is 12.2 Å². The van der Waals surface area contributed by atoms with E-state index in [0.29, 0.717) is 0 Å². The van der Waals surface area contributed by atoms with Crippen molar-refractivity contribution < 1.29 is 0 Å². The van der Waals surface area contributed by atoms with E-state index in [1.54, 1.807) is 0 Å². The number of hydrogen-bond acceptors (Lipinski definition) is 1.